The van der Waals surface area contributed by atoms with E-state index in [1.54, 1.807) is 14.2 Å². The van der Waals surface area contributed by atoms with Crippen molar-refractivity contribution >= 4 is 10.0 Å². The molecule has 98 valence electrons. The number of likely N-dealkylation sites (N-methyl/N-ethyl adjacent to an activating group) is 1. The third kappa shape index (κ3) is 7.16. The molecule has 0 aliphatic carbocycles. The van der Waals surface area contributed by atoms with Crippen molar-refractivity contribution in [3.63, 3.8) is 0 Å². The van der Waals surface area contributed by atoms with Gasteiger partial charge in [0.2, 0.25) is 10.0 Å². The summed E-state index contributed by atoms with van der Waals surface area (Å²) >= 11 is 0. The van der Waals surface area contributed by atoms with E-state index in [0.717, 1.165) is 6.54 Å². The van der Waals surface area contributed by atoms with E-state index in [2.05, 4.69) is 5.32 Å². The van der Waals surface area contributed by atoms with Crippen LogP contribution in [0.5, 0.6) is 0 Å². The lowest BCUT2D eigenvalue weighted by Gasteiger charge is -2.16. The first-order valence-electron chi connectivity index (χ1n) is 5.56. The van der Waals surface area contributed by atoms with Gasteiger partial charge in [0.25, 0.3) is 0 Å². The minimum Gasteiger partial charge on any atom is -0.383 e. The van der Waals surface area contributed by atoms with Gasteiger partial charge in [-0.05, 0) is 13.0 Å². The van der Waals surface area contributed by atoms with E-state index >= 15 is 0 Å². The molecule has 0 aliphatic heterocycles. The van der Waals surface area contributed by atoms with Crippen LogP contribution < -0.4 is 5.32 Å². The molecule has 0 aromatic carbocycles. The molecule has 0 amide bonds. The Labute approximate surface area is 99.2 Å². The highest BCUT2D eigenvalue weighted by Crippen LogP contribution is 1.99. The molecule has 0 aromatic rings. The molecule has 6 heteroatoms. The molecule has 0 atom stereocenters. The second kappa shape index (κ2) is 8.00. The average molecular weight is 252 g/mol. The fraction of sp³-hybridized carbons (Fsp3) is 1.00. The predicted molar refractivity (Wildman–Crippen MR) is 66.0 cm³/mol. The van der Waals surface area contributed by atoms with E-state index in [4.69, 9.17) is 4.74 Å². The number of nitrogens with zero attached hydrogens (tertiary/aromatic N) is 1. The predicted octanol–water partition coefficient (Wildman–Crippen LogP) is 0.283. The third-order valence-electron chi connectivity index (χ3n) is 2.22. The molecule has 0 bridgehead atoms. The Morgan fingerprint density at radius 3 is 2.50 bits per heavy atom. The van der Waals surface area contributed by atoms with E-state index in [-0.39, 0.29) is 5.75 Å². The lowest BCUT2D eigenvalue weighted by atomic mass is 10.4. The normalized spacial score (nSPS) is 12.6. The Morgan fingerprint density at radius 2 is 2.00 bits per heavy atom. The first-order valence-corrected chi connectivity index (χ1v) is 7.17. The van der Waals surface area contributed by atoms with Gasteiger partial charge in [-0.2, -0.15) is 0 Å². The molecule has 1 N–H and O–H groups in total. The third-order valence-corrected chi connectivity index (χ3v) is 4.15. The van der Waals surface area contributed by atoms with Gasteiger partial charge in [0.1, 0.15) is 0 Å². The van der Waals surface area contributed by atoms with Gasteiger partial charge in [0.15, 0.2) is 0 Å². The van der Waals surface area contributed by atoms with Crippen LogP contribution in [0, 0.1) is 0 Å². The van der Waals surface area contributed by atoms with E-state index in [9.17, 15) is 8.42 Å². The molecule has 0 spiro atoms. The Balaban J connectivity index is 3.86. The molecule has 0 heterocycles. The molecule has 0 rings (SSSR count). The van der Waals surface area contributed by atoms with Crippen LogP contribution in [0.2, 0.25) is 0 Å². The second-order valence-electron chi connectivity index (χ2n) is 4.09. The molecule has 0 aliphatic rings. The fourth-order valence-electron chi connectivity index (χ4n) is 1.16. The summed E-state index contributed by atoms with van der Waals surface area (Å²) in [6, 6.07) is 0.397. The number of rotatable bonds is 9. The summed E-state index contributed by atoms with van der Waals surface area (Å²) in [5.41, 5.74) is 0. The summed E-state index contributed by atoms with van der Waals surface area (Å²) < 4.78 is 29.6. The van der Waals surface area contributed by atoms with Crippen molar-refractivity contribution in [2.24, 2.45) is 0 Å². The highest BCUT2D eigenvalue weighted by molar-refractivity contribution is 7.89. The van der Waals surface area contributed by atoms with Gasteiger partial charge in [-0.3, -0.25) is 0 Å². The molecular formula is C10H24N2O3S. The average Bonchev–Trinajstić information content (AvgIpc) is 2.20. The smallest absolute Gasteiger partial charge is 0.213 e. The first kappa shape index (κ1) is 15.8. The maximum atomic E-state index is 11.7. The zero-order chi connectivity index (χ0) is 12.6. The van der Waals surface area contributed by atoms with Gasteiger partial charge in [-0.25, -0.2) is 12.7 Å². The van der Waals surface area contributed by atoms with E-state index in [1.807, 2.05) is 13.8 Å². The number of sulfonamides is 1. The number of hydrogen-bond donors (Lipinski definition) is 1. The number of hydrogen-bond acceptors (Lipinski definition) is 4. The molecule has 0 fully saturated rings. The summed E-state index contributed by atoms with van der Waals surface area (Å²) in [6.07, 6.45) is 0.637. The van der Waals surface area contributed by atoms with Gasteiger partial charge in [0, 0.05) is 26.7 Å². The van der Waals surface area contributed by atoms with Crippen LogP contribution in [0.1, 0.15) is 20.3 Å². The summed E-state index contributed by atoms with van der Waals surface area (Å²) in [7, 11) is 0.0329. The lowest BCUT2D eigenvalue weighted by molar-refractivity contribution is 0.185. The van der Waals surface area contributed by atoms with Crippen molar-refractivity contribution in [1.29, 1.82) is 0 Å². The standard InChI is InChI=1S/C10H24N2O3S/c1-10(2)11-6-5-9-16(13,14)12(3)7-8-15-4/h10-11H,5-9H2,1-4H3. The summed E-state index contributed by atoms with van der Waals surface area (Å²) in [6.45, 7) is 5.66. The number of nitrogens with one attached hydrogen (secondary N) is 1. The molecule has 0 aromatic heterocycles. The molecular weight excluding hydrogens is 228 g/mol. The highest BCUT2D eigenvalue weighted by Gasteiger charge is 2.16. The maximum Gasteiger partial charge on any atom is 0.213 e. The quantitative estimate of drug-likeness (QED) is 0.599. The molecule has 5 nitrogen and oxygen atoms in total. The van der Waals surface area contributed by atoms with Crippen molar-refractivity contribution in [3.8, 4) is 0 Å². The SMILES string of the molecule is COCCN(C)S(=O)(=O)CCCNC(C)C. The Hall–Kier alpha value is -0.170. The van der Waals surface area contributed by atoms with Gasteiger partial charge in [0.05, 0.1) is 12.4 Å². The first-order chi connectivity index (χ1) is 7.40. The molecule has 16 heavy (non-hydrogen) atoms. The van der Waals surface area contributed by atoms with Crippen molar-refractivity contribution < 1.29 is 13.2 Å². The van der Waals surface area contributed by atoms with Crippen molar-refractivity contribution in [1.82, 2.24) is 9.62 Å². The minimum absolute atomic E-state index is 0.187. The molecule has 0 saturated carbocycles. The van der Waals surface area contributed by atoms with Crippen LogP contribution in [0.4, 0.5) is 0 Å². The number of ether oxygens (including phenoxy) is 1. The van der Waals surface area contributed by atoms with E-state index in [0.29, 0.717) is 25.6 Å². The number of methoxy groups -OCH3 is 1. The van der Waals surface area contributed by atoms with Crippen molar-refractivity contribution in [3.05, 3.63) is 0 Å². The summed E-state index contributed by atoms with van der Waals surface area (Å²) in [5, 5.41) is 3.19. The van der Waals surface area contributed by atoms with Crippen molar-refractivity contribution in [2.75, 3.05) is 39.6 Å². The van der Waals surface area contributed by atoms with Crippen LogP contribution in [-0.2, 0) is 14.8 Å². The highest BCUT2D eigenvalue weighted by atomic mass is 32.2. The van der Waals surface area contributed by atoms with Crippen molar-refractivity contribution in [2.45, 2.75) is 26.3 Å². The van der Waals surface area contributed by atoms with Gasteiger partial charge >= 0.3 is 0 Å². The molecule has 0 saturated heterocycles. The Morgan fingerprint density at radius 1 is 1.38 bits per heavy atom. The molecule has 0 unspecified atom stereocenters. The van der Waals surface area contributed by atoms with Crippen LogP contribution in [-0.4, -0.2) is 58.4 Å². The largest absolute Gasteiger partial charge is 0.383 e. The topological polar surface area (TPSA) is 58.6 Å². The van der Waals surface area contributed by atoms with Crippen LogP contribution >= 0.6 is 0 Å². The Bertz CT molecular complexity index is 265. The monoisotopic (exact) mass is 252 g/mol. The fourth-order valence-corrected chi connectivity index (χ4v) is 2.33. The van der Waals surface area contributed by atoms with Crippen LogP contribution in [0.15, 0.2) is 0 Å². The summed E-state index contributed by atoms with van der Waals surface area (Å²) in [5.74, 6) is 0.187. The van der Waals surface area contributed by atoms with E-state index < -0.39 is 10.0 Å². The van der Waals surface area contributed by atoms with Crippen LogP contribution in [0.25, 0.3) is 0 Å². The maximum absolute atomic E-state index is 11.7. The molecule has 0 radical (unpaired) electrons. The lowest BCUT2D eigenvalue weighted by Crippen LogP contribution is -2.33. The Kier molecular flexibility index (Phi) is 7.91. The second-order valence-corrected chi connectivity index (χ2v) is 6.29. The van der Waals surface area contributed by atoms with Gasteiger partial charge in [-0.1, -0.05) is 13.8 Å². The van der Waals surface area contributed by atoms with Crippen LogP contribution in [0.3, 0.4) is 0 Å². The zero-order valence-corrected chi connectivity index (χ0v) is 11.5. The minimum atomic E-state index is -3.12. The van der Waals surface area contributed by atoms with Gasteiger partial charge < -0.3 is 10.1 Å². The van der Waals surface area contributed by atoms with Gasteiger partial charge in [-0.15, -0.1) is 0 Å². The zero-order valence-electron chi connectivity index (χ0n) is 10.7. The van der Waals surface area contributed by atoms with E-state index in [1.165, 1.54) is 4.31 Å². The summed E-state index contributed by atoms with van der Waals surface area (Å²) in [4.78, 5) is 0.